The van der Waals surface area contributed by atoms with E-state index in [1.165, 1.54) is 27.8 Å². The van der Waals surface area contributed by atoms with Gasteiger partial charge in [0.2, 0.25) is 0 Å². The van der Waals surface area contributed by atoms with E-state index in [0.29, 0.717) is 5.92 Å². The van der Waals surface area contributed by atoms with Crippen molar-refractivity contribution in [3.8, 4) is 22.5 Å². The minimum absolute atomic E-state index is 0. The van der Waals surface area contributed by atoms with Gasteiger partial charge in [0.05, 0.1) is 0 Å². The van der Waals surface area contributed by atoms with Crippen molar-refractivity contribution in [3.05, 3.63) is 143 Å². The second kappa shape index (κ2) is 12.0. The van der Waals surface area contributed by atoms with Gasteiger partial charge in [0.25, 0.3) is 0 Å². The molecule has 0 unspecified atom stereocenters. The van der Waals surface area contributed by atoms with Crippen molar-refractivity contribution in [2.24, 2.45) is 0 Å². The quantitative estimate of drug-likeness (QED) is 0.176. The van der Waals surface area contributed by atoms with Gasteiger partial charge in [0.15, 0.2) is 0 Å². The fraction of sp³-hybridized carbons (Fsp3) is 0.243. The first-order chi connectivity index (χ1) is 18.7. The van der Waals surface area contributed by atoms with Crippen LogP contribution in [0.2, 0.25) is 0 Å². The van der Waals surface area contributed by atoms with Crippen LogP contribution < -0.4 is 0 Å². The summed E-state index contributed by atoms with van der Waals surface area (Å²) in [5.74, 6) is 0.531. The molecule has 0 fully saturated rings. The first-order valence-corrected chi connectivity index (χ1v) is 13.7. The normalized spacial score (nSPS) is 14.2. The van der Waals surface area contributed by atoms with E-state index < -0.39 is 0 Å². The van der Waals surface area contributed by atoms with Gasteiger partial charge in [-0.05, 0) is 57.0 Å². The fourth-order valence-electron chi connectivity index (χ4n) is 5.72. The molecular weight excluding hydrogens is 665 g/mol. The number of rotatable bonds is 3. The molecule has 0 bridgehead atoms. The van der Waals surface area contributed by atoms with E-state index in [4.69, 9.17) is 0 Å². The topological polar surface area (TPSA) is 25.8 Å². The zero-order valence-corrected chi connectivity index (χ0v) is 26.5. The van der Waals surface area contributed by atoms with Crippen molar-refractivity contribution in [1.82, 2.24) is 9.97 Å². The van der Waals surface area contributed by atoms with Crippen molar-refractivity contribution >= 4 is 0 Å². The molecule has 0 N–H and O–H groups in total. The zero-order chi connectivity index (χ0) is 27.6. The van der Waals surface area contributed by atoms with Crippen LogP contribution in [0.3, 0.4) is 0 Å². The van der Waals surface area contributed by atoms with Crippen molar-refractivity contribution in [2.45, 2.75) is 58.3 Å². The van der Waals surface area contributed by atoms with E-state index in [0.717, 1.165) is 22.5 Å². The molecule has 5 aromatic rings. The summed E-state index contributed by atoms with van der Waals surface area (Å²) >= 11 is 0. The summed E-state index contributed by atoms with van der Waals surface area (Å²) in [7, 11) is 0. The first-order valence-electron chi connectivity index (χ1n) is 13.7. The van der Waals surface area contributed by atoms with E-state index in [1.807, 2.05) is 54.7 Å². The van der Waals surface area contributed by atoms with Gasteiger partial charge >= 0.3 is 0 Å². The number of pyridine rings is 2. The molecule has 0 saturated heterocycles. The van der Waals surface area contributed by atoms with Crippen LogP contribution in [0.15, 0.2) is 103 Å². The van der Waals surface area contributed by atoms with Crippen LogP contribution >= 0.6 is 0 Å². The summed E-state index contributed by atoms with van der Waals surface area (Å²) < 4.78 is 0. The Hall–Kier alpha value is -3.39. The van der Waals surface area contributed by atoms with Crippen molar-refractivity contribution < 1.29 is 20.1 Å². The molecule has 6 rings (SSSR count). The number of hydrogen-bond donors (Lipinski definition) is 0. The van der Waals surface area contributed by atoms with E-state index in [9.17, 15) is 0 Å². The van der Waals surface area contributed by atoms with Gasteiger partial charge in [0.1, 0.15) is 0 Å². The molecule has 2 nitrogen and oxygen atoms in total. The molecule has 1 aliphatic carbocycles. The van der Waals surface area contributed by atoms with E-state index in [-0.39, 0.29) is 30.9 Å². The van der Waals surface area contributed by atoms with Gasteiger partial charge in [0, 0.05) is 32.5 Å². The summed E-state index contributed by atoms with van der Waals surface area (Å²) in [6.45, 7) is 13.9. The number of benzene rings is 3. The van der Waals surface area contributed by atoms with Crippen LogP contribution in [-0.4, -0.2) is 9.97 Å². The van der Waals surface area contributed by atoms with Crippen molar-refractivity contribution in [3.63, 3.8) is 0 Å². The van der Waals surface area contributed by atoms with Gasteiger partial charge in [-0.2, -0.15) is 0 Å². The molecule has 3 heteroatoms. The fourth-order valence-corrected chi connectivity index (χ4v) is 5.72. The molecule has 2 aromatic heterocycles. The molecule has 2 heterocycles. The monoisotopic (exact) mass is 701 g/mol. The van der Waals surface area contributed by atoms with Crippen LogP contribution in [-0.2, 0) is 30.9 Å². The smallest absolute Gasteiger partial charge is 0.0160 e. The maximum Gasteiger partial charge on any atom is 0.0160 e. The van der Waals surface area contributed by atoms with E-state index in [1.54, 1.807) is 6.20 Å². The molecule has 205 valence electrons. The van der Waals surface area contributed by atoms with Gasteiger partial charge in [-0.25, -0.2) is 0 Å². The third-order valence-corrected chi connectivity index (χ3v) is 7.92. The Bertz CT molecular complexity index is 1520. The predicted octanol–water partition coefficient (Wildman–Crippen LogP) is 9.18. The van der Waals surface area contributed by atoms with Gasteiger partial charge in [-0.15, -0.1) is 70.8 Å². The Balaban J connectivity index is 0.000000238. The van der Waals surface area contributed by atoms with Crippen LogP contribution in [0.4, 0.5) is 0 Å². The SMILES string of the molecule is CC(C)c1ccc2c(c1)C(C)(C)c1cc[c-]c(-c3ccccn3)c1C2(C)C.[Ir].[c-]1ccccc1-c1ccccn1. The Labute approximate surface area is 253 Å². The minimum atomic E-state index is -0.0969. The molecule has 0 amide bonds. The van der Waals surface area contributed by atoms with E-state index >= 15 is 0 Å². The molecule has 0 saturated carbocycles. The maximum atomic E-state index is 4.63. The van der Waals surface area contributed by atoms with Crippen LogP contribution in [0.5, 0.6) is 0 Å². The molecule has 0 aliphatic heterocycles. The molecule has 40 heavy (non-hydrogen) atoms. The summed E-state index contributed by atoms with van der Waals surface area (Å²) in [5.41, 5.74) is 11.0. The summed E-state index contributed by atoms with van der Waals surface area (Å²) in [4.78, 5) is 8.85. The predicted molar refractivity (Wildman–Crippen MR) is 162 cm³/mol. The largest absolute Gasteiger partial charge is 0.305 e. The summed E-state index contributed by atoms with van der Waals surface area (Å²) in [5, 5.41) is 0. The number of nitrogens with zero attached hydrogens (tertiary/aromatic N) is 2. The second-order valence-corrected chi connectivity index (χ2v) is 11.6. The molecule has 1 aliphatic rings. The number of aromatic nitrogens is 2. The molecule has 0 atom stereocenters. The van der Waals surface area contributed by atoms with Crippen LogP contribution in [0.25, 0.3) is 22.5 Å². The van der Waals surface area contributed by atoms with Gasteiger partial charge in [-0.1, -0.05) is 84.0 Å². The zero-order valence-electron chi connectivity index (χ0n) is 24.1. The molecular formula is C37H36IrN2-2. The van der Waals surface area contributed by atoms with Gasteiger partial charge < -0.3 is 9.97 Å². The Morgan fingerprint density at radius 3 is 1.90 bits per heavy atom. The number of hydrogen-bond acceptors (Lipinski definition) is 2. The first kappa shape index (κ1) is 29.6. The third-order valence-electron chi connectivity index (χ3n) is 7.92. The Morgan fingerprint density at radius 1 is 0.625 bits per heavy atom. The average molecular weight is 701 g/mol. The summed E-state index contributed by atoms with van der Waals surface area (Å²) in [6.07, 6.45) is 3.66. The Morgan fingerprint density at radius 2 is 1.30 bits per heavy atom. The van der Waals surface area contributed by atoms with E-state index in [2.05, 4.69) is 106 Å². The average Bonchev–Trinajstić information content (AvgIpc) is 2.97. The second-order valence-electron chi connectivity index (χ2n) is 11.6. The van der Waals surface area contributed by atoms with Crippen molar-refractivity contribution in [2.75, 3.05) is 0 Å². The van der Waals surface area contributed by atoms with Gasteiger partial charge in [-0.3, -0.25) is 0 Å². The molecule has 3 aromatic carbocycles. The van der Waals surface area contributed by atoms with Crippen molar-refractivity contribution in [1.29, 1.82) is 0 Å². The Kier molecular flexibility index (Phi) is 8.88. The minimum Gasteiger partial charge on any atom is -0.305 e. The summed E-state index contributed by atoms with van der Waals surface area (Å²) in [6, 6.07) is 37.9. The number of fused-ring (bicyclic) bond motifs is 2. The molecule has 1 radical (unpaired) electrons. The standard InChI is InChI=1S/C26H28N.C11H8N.Ir/c1-17(2)18-13-14-20-22(16-18)25(3,4)21-11-9-10-19(24(21)26(20,5)6)23-12-7-8-15-27-23;1-2-6-10(7-3-1)11-8-4-5-9-12-11;/h7-9,11-17H,1-6H3;1-6,8-9H;/q2*-1;. The van der Waals surface area contributed by atoms with Crippen LogP contribution in [0.1, 0.15) is 75.3 Å². The molecule has 0 spiro atoms. The maximum absolute atomic E-state index is 4.63. The third kappa shape index (κ3) is 5.59. The van der Waals surface area contributed by atoms with Crippen LogP contribution in [0, 0.1) is 12.1 Å².